The second kappa shape index (κ2) is 6.96. The summed E-state index contributed by atoms with van der Waals surface area (Å²) < 4.78 is 18.5. The zero-order valence-corrected chi connectivity index (χ0v) is 13.4. The fourth-order valence-corrected chi connectivity index (χ4v) is 4.30. The fourth-order valence-electron chi connectivity index (χ4n) is 2.24. The van der Waals surface area contributed by atoms with Gasteiger partial charge in [0.1, 0.15) is 23.8 Å². The summed E-state index contributed by atoms with van der Waals surface area (Å²) in [5.41, 5.74) is 0.944. The quantitative estimate of drug-likeness (QED) is 0.844. The fraction of sp³-hybridized carbons (Fsp3) is 0.357. The zero-order valence-electron chi connectivity index (χ0n) is 11.8. The van der Waals surface area contributed by atoms with Gasteiger partial charge in [0.2, 0.25) is 0 Å². The summed E-state index contributed by atoms with van der Waals surface area (Å²) in [4.78, 5) is 10.4. The molecule has 1 fully saturated rings. The Kier molecular flexibility index (Phi) is 4.77. The Hall–Kier alpha value is -1.82. The molecule has 0 N–H and O–H groups in total. The third-order valence-electron chi connectivity index (χ3n) is 3.32. The number of rotatable bonds is 4. The molecule has 1 saturated heterocycles. The van der Waals surface area contributed by atoms with Crippen molar-refractivity contribution in [1.29, 1.82) is 5.26 Å². The van der Waals surface area contributed by atoms with Crippen molar-refractivity contribution >= 4 is 28.0 Å². The van der Waals surface area contributed by atoms with Crippen LogP contribution in [0, 0.1) is 11.3 Å². The number of aromatic nitrogens is 2. The van der Waals surface area contributed by atoms with Crippen molar-refractivity contribution in [3.8, 4) is 6.07 Å². The largest absolute Gasteiger partial charge is 0.378 e. The van der Waals surface area contributed by atoms with Crippen LogP contribution in [0.25, 0.3) is 0 Å². The van der Waals surface area contributed by atoms with E-state index in [0.29, 0.717) is 43.4 Å². The topological polar surface area (TPSA) is 79.1 Å². The van der Waals surface area contributed by atoms with Crippen molar-refractivity contribution in [2.24, 2.45) is 0 Å². The highest BCUT2D eigenvalue weighted by atomic mass is 32.2. The van der Waals surface area contributed by atoms with E-state index in [1.807, 2.05) is 22.4 Å². The average molecular weight is 334 g/mol. The molecule has 0 saturated carbocycles. The summed E-state index contributed by atoms with van der Waals surface area (Å²) in [7, 11) is -1.19. The minimum atomic E-state index is -1.19. The molecule has 8 heteroatoms. The number of hydrogen-bond acceptors (Lipinski definition) is 7. The van der Waals surface area contributed by atoms with Crippen LogP contribution in [-0.4, -0.2) is 40.5 Å². The van der Waals surface area contributed by atoms with E-state index in [4.69, 9.17) is 4.74 Å². The van der Waals surface area contributed by atoms with Crippen LogP contribution in [0.4, 0.5) is 5.82 Å². The number of nitriles is 1. The molecule has 1 atom stereocenters. The van der Waals surface area contributed by atoms with Gasteiger partial charge in [-0.25, -0.2) is 9.97 Å². The number of nitrogens with zero attached hydrogens (tertiary/aromatic N) is 4. The van der Waals surface area contributed by atoms with Crippen LogP contribution in [0.15, 0.2) is 28.0 Å². The van der Waals surface area contributed by atoms with Gasteiger partial charge in [0, 0.05) is 13.1 Å². The van der Waals surface area contributed by atoms with E-state index >= 15 is 0 Å². The highest BCUT2D eigenvalue weighted by molar-refractivity contribution is 7.86. The van der Waals surface area contributed by atoms with Crippen LogP contribution in [0.5, 0.6) is 0 Å². The number of ether oxygens (including phenoxy) is 1. The molecule has 0 aromatic carbocycles. The second-order valence-electron chi connectivity index (χ2n) is 4.65. The highest BCUT2D eigenvalue weighted by Crippen LogP contribution is 2.23. The van der Waals surface area contributed by atoms with Crippen molar-refractivity contribution in [2.45, 2.75) is 9.96 Å². The first-order valence-electron chi connectivity index (χ1n) is 6.78. The minimum Gasteiger partial charge on any atom is -0.378 e. The molecule has 0 aliphatic carbocycles. The van der Waals surface area contributed by atoms with E-state index < -0.39 is 10.8 Å². The van der Waals surface area contributed by atoms with Gasteiger partial charge in [-0.15, -0.1) is 11.3 Å². The van der Waals surface area contributed by atoms with Gasteiger partial charge in [-0.1, -0.05) is 6.07 Å². The van der Waals surface area contributed by atoms with E-state index in [9.17, 15) is 9.47 Å². The molecule has 2 aromatic heterocycles. The summed E-state index contributed by atoms with van der Waals surface area (Å²) in [6.07, 6.45) is 1.44. The molecular formula is C14H14N4O2S2. The second-order valence-corrected chi connectivity index (χ2v) is 7.28. The molecule has 0 radical (unpaired) electrons. The molecule has 0 bridgehead atoms. The molecule has 3 heterocycles. The predicted molar refractivity (Wildman–Crippen MR) is 84.2 cm³/mol. The van der Waals surface area contributed by atoms with Crippen molar-refractivity contribution < 1.29 is 8.95 Å². The summed E-state index contributed by atoms with van der Waals surface area (Å²) in [5.74, 6) is 0.836. The van der Waals surface area contributed by atoms with Gasteiger partial charge in [-0.05, 0) is 11.4 Å². The monoisotopic (exact) mass is 334 g/mol. The summed E-state index contributed by atoms with van der Waals surface area (Å²) in [6, 6.07) is 5.87. The van der Waals surface area contributed by atoms with E-state index in [1.54, 1.807) is 0 Å². The molecule has 114 valence electrons. The lowest BCUT2D eigenvalue weighted by atomic mass is 10.2. The van der Waals surface area contributed by atoms with Crippen LogP contribution in [0.2, 0.25) is 0 Å². The molecule has 1 aliphatic rings. The van der Waals surface area contributed by atoms with Crippen molar-refractivity contribution in [3.05, 3.63) is 35.1 Å². The molecule has 22 heavy (non-hydrogen) atoms. The molecule has 0 amide bonds. The van der Waals surface area contributed by atoms with E-state index in [0.717, 1.165) is 4.21 Å². The molecule has 1 aliphatic heterocycles. The Morgan fingerprint density at radius 2 is 2.23 bits per heavy atom. The number of hydrogen-bond donors (Lipinski definition) is 0. The van der Waals surface area contributed by atoms with E-state index in [1.165, 1.54) is 17.7 Å². The smallest absolute Gasteiger partial charge is 0.150 e. The Balaban J connectivity index is 1.88. The summed E-state index contributed by atoms with van der Waals surface area (Å²) in [5, 5.41) is 11.4. The first-order valence-corrected chi connectivity index (χ1v) is 8.98. The Morgan fingerprint density at radius 1 is 1.41 bits per heavy atom. The van der Waals surface area contributed by atoms with Gasteiger partial charge in [0.25, 0.3) is 0 Å². The van der Waals surface area contributed by atoms with Gasteiger partial charge in [0.05, 0.1) is 39.7 Å². The van der Waals surface area contributed by atoms with Crippen molar-refractivity contribution in [3.63, 3.8) is 0 Å². The maximum absolute atomic E-state index is 12.3. The lowest BCUT2D eigenvalue weighted by molar-refractivity contribution is 0.122. The number of thiophene rings is 1. The number of anilines is 1. The zero-order chi connectivity index (χ0) is 15.4. The minimum absolute atomic E-state index is 0.225. The Labute approximate surface area is 134 Å². The van der Waals surface area contributed by atoms with Crippen LogP contribution in [0.3, 0.4) is 0 Å². The molecule has 2 aromatic rings. The molecule has 1 unspecified atom stereocenters. The maximum Gasteiger partial charge on any atom is 0.150 e. The lowest BCUT2D eigenvalue weighted by Crippen LogP contribution is -2.37. The Morgan fingerprint density at radius 3 is 2.91 bits per heavy atom. The van der Waals surface area contributed by atoms with Crippen LogP contribution in [-0.2, 0) is 21.3 Å². The lowest BCUT2D eigenvalue weighted by Gasteiger charge is -2.28. The third kappa shape index (κ3) is 3.16. The predicted octanol–water partition coefficient (Wildman–Crippen LogP) is 1.55. The van der Waals surface area contributed by atoms with Crippen LogP contribution in [0.1, 0.15) is 11.3 Å². The van der Waals surface area contributed by atoms with Gasteiger partial charge in [0.15, 0.2) is 0 Å². The summed E-state index contributed by atoms with van der Waals surface area (Å²) >= 11 is 1.44. The van der Waals surface area contributed by atoms with Crippen molar-refractivity contribution in [2.75, 3.05) is 31.2 Å². The Bertz CT molecular complexity index is 706. The van der Waals surface area contributed by atoms with E-state index in [-0.39, 0.29) is 5.75 Å². The van der Waals surface area contributed by atoms with Gasteiger partial charge < -0.3 is 9.64 Å². The van der Waals surface area contributed by atoms with Crippen molar-refractivity contribution in [1.82, 2.24) is 9.97 Å². The molecule has 3 rings (SSSR count). The average Bonchev–Trinajstić information content (AvgIpc) is 3.10. The normalized spacial score (nSPS) is 16.2. The van der Waals surface area contributed by atoms with Gasteiger partial charge in [-0.3, -0.25) is 4.21 Å². The molecule has 0 spiro atoms. The molecule has 6 nitrogen and oxygen atoms in total. The van der Waals surface area contributed by atoms with Crippen LogP contribution < -0.4 is 4.90 Å². The number of morpholine rings is 1. The molecular weight excluding hydrogens is 320 g/mol. The maximum atomic E-state index is 12.3. The standard InChI is InChI=1S/C14H14N4O2S2/c15-8-11-12(9-22(19)13-2-1-7-21-13)16-10-17-14(11)18-3-5-20-6-4-18/h1-2,7,10H,3-6,9H2. The highest BCUT2D eigenvalue weighted by Gasteiger charge is 2.20. The van der Waals surface area contributed by atoms with Gasteiger partial charge in [-0.2, -0.15) is 5.26 Å². The first-order chi connectivity index (χ1) is 10.8. The van der Waals surface area contributed by atoms with E-state index in [2.05, 4.69) is 16.0 Å². The van der Waals surface area contributed by atoms with Gasteiger partial charge >= 0.3 is 0 Å². The third-order valence-corrected chi connectivity index (χ3v) is 5.94. The first kappa shape index (κ1) is 15.1. The SMILES string of the molecule is N#Cc1c(CS(=O)c2cccs2)ncnc1N1CCOCC1. The van der Waals surface area contributed by atoms with Crippen LogP contribution >= 0.6 is 11.3 Å². The summed E-state index contributed by atoms with van der Waals surface area (Å²) in [6.45, 7) is 2.62.